The van der Waals surface area contributed by atoms with E-state index in [1.54, 1.807) is 15.9 Å². The molecule has 2 aliphatic heterocycles. The topological polar surface area (TPSA) is 119 Å². The number of likely N-dealkylation sites (N-methyl/N-ethyl adjacent to an activating group) is 1. The van der Waals surface area contributed by atoms with Crippen molar-refractivity contribution in [3.05, 3.63) is 105 Å². The lowest BCUT2D eigenvalue weighted by molar-refractivity contribution is -0.141. The summed E-state index contributed by atoms with van der Waals surface area (Å²) in [5.74, 6) is -6.07. The Hall–Kier alpha value is -4.39. The molecule has 0 unspecified atom stereocenters. The molecular formula is C37H39ClF3N3O6. The maximum Gasteiger partial charge on any atom is 0.305 e. The zero-order valence-electron chi connectivity index (χ0n) is 27.5. The highest BCUT2D eigenvalue weighted by Gasteiger charge is 2.41. The number of benzene rings is 3. The Labute approximate surface area is 293 Å². The van der Waals surface area contributed by atoms with Crippen molar-refractivity contribution in [3.63, 3.8) is 0 Å². The number of fused-ring (bicyclic) bond motifs is 2. The molecule has 3 aromatic rings. The Morgan fingerprint density at radius 2 is 1.74 bits per heavy atom. The minimum absolute atomic E-state index is 0.0291. The lowest BCUT2D eigenvalue weighted by Crippen LogP contribution is -2.62. The van der Waals surface area contributed by atoms with E-state index in [4.69, 9.17) is 21.4 Å². The Balaban J connectivity index is 1.37. The van der Waals surface area contributed by atoms with Gasteiger partial charge in [0.2, 0.25) is 11.7 Å². The third-order valence-electron chi connectivity index (χ3n) is 8.96. The predicted octanol–water partition coefficient (Wildman–Crippen LogP) is 5.37. The Morgan fingerprint density at radius 1 is 1.02 bits per heavy atom. The lowest BCUT2D eigenvalue weighted by Gasteiger charge is -2.45. The van der Waals surface area contributed by atoms with Gasteiger partial charge in [-0.2, -0.15) is 4.39 Å². The Morgan fingerprint density at radius 3 is 2.44 bits per heavy atom. The zero-order valence-corrected chi connectivity index (χ0v) is 28.3. The van der Waals surface area contributed by atoms with Gasteiger partial charge in [-0.15, -0.1) is 0 Å². The second-order valence-electron chi connectivity index (χ2n) is 12.5. The summed E-state index contributed by atoms with van der Waals surface area (Å²) < 4.78 is 46.5. The van der Waals surface area contributed by atoms with Crippen LogP contribution in [0.25, 0.3) is 5.57 Å². The standard InChI is InChI=1S/C37H39ClF3N3O6/c1-2-43(19-24-7-3-4-8-28(24)38)37(49)34-27(16-25-20-44(21-31(34)42-25)32(46)17-26(45)18-33(47)48)23-11-9-22(10-12-23)6-5-15-50-36-30(40)14-13-29(39)35(36)41/h3-4,7-14,25-26,31,42,45H,2,5-6,15-21H2,1H3,(H,47,48)/t25-,26-,31-/m1/s1. The number of nitrogens with one attached hydrogen (secondary N) is 1. The number of aliphatic carboxylic acids is 1. The first-order valence-corrected chi connectivity index (χ1v) is 16.9. The third-order valence-corrected chi connectivity index (χ3v) is 9.33. The second-order valence-corrected chi connectivity index (χ2v) is 12.9. The van der Waals surface area contributed by atoms with E-state index in [0.29, 0.717) is 49.0 Å². The van der Waals surface area contributed by atoms with E-state index in [1.807, 2.05) is 49.4 Å². The van der Waals surface area contributed by atoms with Crippen LogP contribution >= 0.6 is 11.6 Å². The van der Waals surface area contributed by atoms with Gasteiger partial charge in [-0.3, -0.25) is 14.4 Å². The number of nitrogens with zero attached hydrogens (tertiary/aromatic N) is 2. The quantitative estimate of drug-likeness (QED) is 0.152. The molecule has 0 spiro atoms. The Bertz CT molecular complexity index is 1750. The van der Waals surface area contributed by atoms with Crippen LogP contribution in [0.15, 0.2) is 66.2 Å². The van der Waals surface area contributed by atoms with Gasteiger partial charge in [0.15, 0.2) is 17.4 Å². The molecule has 2 heterocycles. The van der Waals surface area contributed by atoms with Gasteiger partial charge in [-0.05, 0) is 66.6 Å². The van der Waals surface area contributed by atoms with Gasteiger partial charge in [0, 0.05) is 42.8 Å². The van der Waals surface area contributed by atoms with Crippen LogP contribution in [0.4, 0.5) is 13.2 Å². The molecule has 3 N–H and O–H groups in total. The highest BCUT2D eigenvalue weighted by Crippen LogP contribution is 2.35. The average molecular weight is 714 g/mol. The first-order valence-electron chi connectivity index (χ1n) is 16.5. The summed E-state index contributed by atoms with van der Waals surface area (Å²) in [6.45, 7) is 3.00. The van der Waals surface area contributed by atoms with Crippen molar-refractivity contribution in [2.75, 3.05) is 26.2 Å². The Kier molecular flexibility index (Phi) is 12.2. The molecule has 3 aromatic carbocycles. The van der Waals surface area contributed by atoms with Crippen molar-refractivity contribution in [2.45, 2.75) is 63.8 Å². The number of carbonyl (C=O) groups is 3. The van der Waals surface area contributed by atoms with Gasteiger partial charge in [-0.1, -0.05) is 54.1 Å². The molecule has 266 valence electrons. The molecule has 1 saturated heterocycles. The molecule has 2 aliphatic rings. The van der Waals surface area contributed by atoms with Crippen LogP contribution in [0, 0.1) is 17.5 Å². The summed E-state index contributed by atoms with van der Waals surface area (Å²) in [6, 6.07) is 15.8. The summed E-state index contributed by atoms with van der Waals surface area (Å²) in [6.07, 6.45) is -0.838. The lowest BCUT2D eigenvalue weighted by atomic mass is 9.82. The van der Waals surface area contributed by atoms with E-state index in [1.165, 1.54) is 0 Å². The van der Waals surface area contributed by atoms with Gasteiger partial charge in [0.25, 0.3) is 5.91 Å². The number of hydrogen-bond donors (Lipinski definition) is 3. The molecule has 2 bridgehead atoms. The van der Waals surface area contributed by atoms with E-state index >= 15 is 0 Å². The van der Waals surface area contributed by atoms with Crippen LogP contribution < -0.4 is 10.1 Å². The number of rotatable bonds is 14. The van der Waals surface area contributed by atoms with Crippen LogP contribution in [0.5, 0.6) is 5.75 Å². The number of aliphatic hydroxyl groups is 1. The number of ether oxygens (including phenoxy) is 1. The minimum atomic E-state index is -1.36. The van der Waals surface area contributed by atoms with Crippen molar-refractivity contribution in [1.29, 1.82) is 0 Å². The number of carboxylic acids is 1. The van der Waals surface area contributed by atoms with Crippen LogP contribution in [-0.4, -0.2) is 82.2 Å². The van der Waals surface area contributed by atoms with Gasteiger partial charge in [-0.25, -0.2) is 8.78 Å². The monoisotopic (exact) mass is 713 g/mol. The predicted molar refractivity (Wildman–Crippen MR) is 181 cm³/mol. The molecule has 9 nitrogen and oxygen atoms in total. The number of hydrogen-bond acceptors (Lipinski definition) is 6. The number of amides is 2. The molecule has 0 aliphatic carbocycles. The smallest absolute Gasteiger partial charge is 0.305 e. The number of carboxylic acid groups (broad SMARTS) is 1. The summed E-state index contributed by atoms with van der Waals surface area (Å²) in [7, 11) is 0. The van der Waals surface area contributed by atoms with E-state index in [2.05, 4.69) is 5.32 Å². The molecule has 1 fully saturated rings. The number of halogens is 4. The fraction of sp³-hybridized carbons (Fsp3) is 0.378. The van der Waals surface area contributed by atoms with Gasteiger partial charge >= 0.3 is 5.97 Å². The highest BCUT2D eigenvalue weighted by molar-refractivity contribution is 6.31. The van der Waals surface area contributed by atoms with E-state index in [-0.39, 0.29) is 44.0 Å². The largest absolute Gasteiger partial charge is 0.488 e. The fourth-order valence-electron chi connectivity index (χ4n) is 6.47. The van der Waals surface area contributed by atoms with Crippen LogP contribution in [-0.2, 0) is 27.3 Å². The van der Waals surface area contributed by atoms with Crippen molar-refractivity contribution < 1.29 is 42.5 Å². The summed E-state index contributed by atoms with van der Waals surface area (Å²) in [5, 5.41) is 23.2. The summed E-state index contributed by atoms with van der Waals surface area (Å²) >= 11 is 6.44. The highest BCUT2D eigenvalue weighted by atomic mass is 35.5. The normalized spacial score (nSPS) is 17.8. The van der Waals surface area contributed by atoms with E-state index in [9.17, 15) is 32.7 Å². The fourth-order valence-corrected chi connectivity index (χ4v) is 6.66. The molecule has 50 heavy (non-hydrogen) atoms. The average Bonchev–Trinajstić information content (AvgIpc) is 3.08. The number of carbonyl (C=O) groups excluding carboxylic acids is 2. The molecule has 3 atom stereocenters. The van der Waals surface area contributed by atoms with Gasteiger partial charge in [0.1, 0.15) is 0 Å². The first-order chi connectivity index (χ1) is 23.9. The number of piperazine rings is 1. The van der Waals surface area contributed by atoms with Crippen molar-refractivity contribution in [3.8, 4) is 5.75 Å². The summed E-state index contributed by atoms with van der Waals surface area (Å²) in [5.41, 5.74) is 3.90. The van der Waals surface area contributed by atoms with Crippen molar-refractivity contribution >= 4 is 35.0 Å². The molecule has 13 heteroatoms. The third kappa shape index (κ3) is 8.85. The molecule has 0 radical (unpaired) electrons. The number of aliphatic hydroxyl groups excluding tert-OH is 1. The van der Waals surface area contributed by atoms with E-state index < -0.39 is 47.7 Å². The van der Waals surface area contributed by atoms with Crippen LogP contribution in [0.2, 0.25) is 5.02 Å². The van der Waals surface area contributed by atoms with Crippen LogP contribution in [0.3, 0.4) is 0 Å². The maximum atomic E-state index is 14.4. The molecule has 2 amide bonds. The SMILES string of the molecule is CCN(Cc1ccccc1Cl)C(=O)C1=C(c2ccc(CCCOc3c(F)ccc(F)c3F)cc2)C[C@@H]2CN(C(=O)C[C@@H](O)CC(=O)O)C[C@H]1N2. The van der Waals surface area contributed by atoms with E-state index in [0.717, 1.165) is 28.3 Å². The van der Waals surface area contributed by atoms with Gasteiger partial charge in [0.05, 0.1) is 31.6 Å². The molecule has 0 saturated carbocycles. The van der Waals surface area contributed by atoms with Crippen LogP contribution in [0.1, 0.15) is 49.3 Å². The summed E-state index contributed by atoms with van der Waals surface area (Å²) in [4.78, 5) is 41.9. The minimum Gasteiger partial charge on any atom is -0.488 e. The zero-order chi connectivity index (χ0) is 35.9. The number of aryl methyl sites for hydroxylation is 1. The van der Waals surface area contributed by atoms with Crippen molar-refractivity contribution in [1.82, 2.24) is 15.1 Å². The molecule has 5 rings (SSSR count). The van der Waals surface area contributed by atoms with Crippen molar-refractivity contribution in [2.24, 2.45) is 0 Å². The second kappa shape index (κ2) is 16.5. The molecule has 0 aromatic heterocycles. The first kappa shape index (κ1) is 36.9. The maximum absolute atomic E-state index is 14.4. The van der Waals surface area contributed by atoms with Gasteiger partial charge < -0.3 is 30.1 Å². The molecular weight excluding hydrogens is 675 g/mol.